The highest BCUT2D eigenvalue weighted by atomic mass is 79.9. The number of benzene rings is 1. The van der Waals surface area contributed by atoms with Gasteiger partial charge in [0.05, 0.1) is 0 Å². The van der Waals surface area contributed by atoms with Crippen LogP contribution >= 0.6 is 15.9 Å². The van der Waals surface area contributed by atoms with Gasteiger partial charge >= 0.3 is 6.36 Å². The van der Waals surface area contributed by atoms with E-state index in [4.69, 9.17) is 5.73 Å². The van der Waals surface area contributed by atoms with Crippen molar-refractivity contribution in [1.82, 2.24) is 0 Å². The summed E-state index contributed by atoms with van der Waals surface area (Å²) in [5, 5.41) is 0. The minimum atomic E-state index is -4.78. The minimum absolute atomic E-state index is 0.0351. The van der Waals surface area contributed by atoms with E-state index < -0.39 is 17.5 Å². The lowest BCUT2D eigenvalue weighted by atomic mass is 9.95. The molecule has 0 radical (unpaired) electrons. The summed E-state index contributed by atoms with van der Waals surface area (Å²) in [7, 11) is 0. The summed E-state index contributed by atoms with van der Waals surface area (Å²) in [5.41, 5.74) is 5.35. The van der Waals surface area contributed by atoms with Crippen LogP contribution in [0.4, 0.5) is 18.9 Å². The molecule has 0 aliphatic heterocycles. The van der Waals surface area contributed by atoms with Gasteiger partial charge in [0.15, 0.2) is 5.75 Å². The van der Waals surface area contributed by atoms with Crippen LogP contribution in [0.5, 0.6) is 5.75 Å². The molecule has 0 unspecified atom stereocenters. The normalized spacial score (nSPS) is 13.5. The second kappa shape index (κ2) is 5.40. The first-order chi connectivity index (χ1) is 8.49. The molecule has 19 heavy (non-hydrogen) atoms. The molecule has 0 aliphatic rings. The van der Waals surface area contributed by atoms with Crippen molar-refractivity contribution < 1.29 is 17.9 Å². The molecule has 0 aromatic heterocycles. The Bertz CT molecular complexity index is 493. The molecule has 0 aliphatic carbocycles. The zero-order chi connectivity index (χ0) is 14.8. The van der Waals surface area contributed by atoms with Crippen molar-refractivity contribution in [3.63, 3.8) is 0 Å². The van der Waals surface area contributed by atoms with Gasteiger partial charge in [0.25, 0.3) is 0 Å². The van der Waals surface area contributed by atoms with Gasteiger partial charge in [0.2, 0.25) is 0 Å². The molecule has 1 aromatic carbocycles. The van der Waals surface area contributed by atoms with Gasteiger partial charge < -0.3 is 10.5 Å². The van der Waals surface area contributed by atoms with Gasteiger partial charge in [-0.05, 0) is 18.2 Å². The summed E-state index contributed by atoms with van der Waals surface area (Å²) < 4.78 is 41.3. The van der Waals surface area contributed by atoms with Gasteiger partial charge in [-0.15, -0.1) is 13.2 Å². The predicted octanol–water partition coefficient (Wildman–Crippen LogP) is 4.38. The Hall–Kier alpha value is -1.24. The van der Waals surface area contributed by atoms with Crippen molar-refractivity contribution in [2.75, 3.05) is 0 Å². The molecule has 1 aromatic rings. The number of nitrogens with zero attached hydrogens (tertiary/aromatic N) is 1. The van der Waals surface area contributed by atoms with Crippen LogP contribution < -0.4 is 10.5 Å². The molecule has 1 rings (SSSR count). The molecule has 3 nitrogen and oxygen atoms in total. The highest BCUT2D eigenvalue weighted by molar-refractivity contribution is 9.10. The fraction of sp³-hybridized carbons (Fsp3) is 0.417. The molecular formula is C12H14BrF3N2O. The van der Waals surface area contributed by atoms with E-state index in [0.29, 0.717) is 4.47 Å². The Kier molecular flexibility index (Phi) is 4.50. The van der Waals surface area contributed by atoms with E-state index >= 15 is 0 Å². The summed E-state index contributed by atoms with van der Waals surface area (Å²) >= 11 is 3.08. The monoisotopic (exact) mass is 338 g/mol. The number of hydrogen-bond donors (Lipinski definition) is 1. The third-order valence-corrected chi connectivity index (χ3v) is 2.65. The summed E-state index contributed by atoms with van der Waals surface area (Å²) in [6, 6.07) is 4.17. The van der Waals surface area contributed by atoms with Crippen LogP contribution in [0.1, 0.15) is 20.8 Å². The molecule has 0 saturated heterocycles. The van der Waals surface area contributed by atoms with E-state index in [2.05, 4.69) is 25.7 Å². The largest absolute Gasteiger partial charge is 0.573 e. The van der Waals surface area contributed by atoms with E-state index in [1.54, 1.807) is 6.07 Å². The zero-order valence-electron chi connectivity index (χ0n) is 10.7. The molecule has 0 fully saturated rings. The number of ether oxygens (including phenoxy) is 1. The average molecular weight is 339 g/mol. The maximum absolute atomic E-state index is 12.3. The van der Waals surface area contributed by atoms with Crippen molar-refractivity contribution >= 4 is 27.5 Å². The number of alkyl halides is 3. The van der Waals surface area contributed by atoms with E-state index in [0.717, 1.165) is 0 Å². The van der Waals surface area contributed by atoms with Crippen LogP contribution in [0.2, 0.25) is 0 Å². The van der Waals surface area contributed by atoms with Crippen molar-refractivity contribution in [1.29, 1.82) is 0 Å². The summed E-state index contributed by atoms with van der Waals surface area (Å²) in [6.07, 6.45) is -4.78. The smallest absolute Gasteiger partial charge is 0.403 e. The standard InChI is InChI=1S/C12H14BrF3N2O/c1-11(2,3)10(17)18-8-5-4-7(13)6-9(8)19-12(14,15)16/h4-6H,1-3H3,(H2,17,18). The first-order valence-corrected chi connectivity index (χ1v) is 6.18. The molecular weight excluding hydrogens is 325 g/mol. The third-order valence-electron chi connectivity index (χ3n) is 2.16. The lowest BCUT2D eigenvalue weighted by Gasteiger charge is -2.18. The SMILES string of the molecule is CC(C)(C)C(N)=Nc1ccc(Br)cc1OC(F)(F)F. The third kappa shape index (κ3) is 5.10. The van der Waals surface area contributed by atoms with E-state index in [1.807, 2.05) is 20.8 Å². The van der Waals surface area contributed by atoms with Crippen LogP contribution in [-0.2, 0) is 0 Å². The summed E-state index contributed by atoms with van der Waals surface area (Å²) in [4.78, 5) is 4.00. The second-order valence-electron chi connectivity index (χ2n) is 4.91. The van der Waals surface area contributed by atoms with E-state index in [9.17, 15) is 13.2 Å². The summed E-state index contributed by atoms with van der Waals surface area (Å²) in [5.74, 6) is -0.170. The highest BCUT2D eigenvalue weighted by Gasteiger charge is 2.32. The van der Waals surface area contributed by atoms with Crippen LogP contribution in [0.3, 0.4) is 0 Å². The molecule has 7 heteroatoms. The van der Waals surface area contributed by atoms with Gasteiger partial charge in [-0.2, -0.15) is 0 Å². The quantitative estimate of drug-likeness (QED) is 0.642. The molecule has 0 atom stereocenters. The fourth-order valence-electron chi connectivity index (χ4n) is 1.08. The molecule has 0 amide bonds. The molecule has 106 valence electrons. The Morgan fingerprint density at radius 1 is 1.26 bits per heavy atom. The molecule has 0 heterocycles. The lowest BCUT2D eigenvalue weighted by molar-refractivity contribution is -0.274. The second-order valence-corrected chi connectivity index (χ2v) is 5.82. The number of hydrogen-bond acceptors (Lipinski definition) is 2. The maximum atomic E-state index is 12.3. The Balaban J connectivity index is 3.21. The lowest BCUT2D eigenvalue weighted by Crippen LogP contribution is -2.28. The van der Waals surface area contributed by atoms with Gasteiger partial charge in [-0.1, -0.05) is 36.7 Å². The topological polar surface area (TPSA) is 47.6 Å². The van der Waals surface area contributed by atoms with E-state index in [-0.39, 0.29) is 11.5 Å². The van der Waals surface area contributed by atoms with Crippen LogP contribution in [-0.4, -0.2) is 12.2 Å². The van der Waals surface area contributed by atoms with Crippen LogP contribution in [0.25, 0.3) is 0 Å². The van der Waals surface area contributed by atoms with Gasteiger partial charge in [-0.25, -0.2) is 4.99 Å². The number of rotatable bonds is 2. The number of aliphatic imine (C=N–C) groups is 1. The van der Waals surface area contributed by atoms with Crippen molar-refractivity contribution in [3.05, 3.63) is 22.7 Å². The maximum Gasteiger partial charge on any atom is 0.573 e. The Morgan fingerprint density at radius 3 is 2.32 bits per heavy atom. The average Bonchev–Trinajstić information content (AvgIpc) is 2.18. The van der Waals surface area contributed by atoms with Gasteiger partial charge in [-0.3, -0.25) is 0 Å². The zero-order valence-corrected chi connectivity index (χ0v) is 12.3. The van der Waals surface area contributed by atoms with E-state index in [1.165, 1.54) is 12.1 Å². The minimum Gasteiger partial charge on any atom is -0.403 e. The van der Waals surface area contributed by atoms with Gasteiger partial charge in [0.1, 0.15) is 11.5 Å². The number of nitrogens with two attached hydrogens (primary N) is 1. The molecule has 0 saturated carbocycles. The summed E-state index contributed by atoms with van der Waals surface area (Å²) in [6.45, 7) is 5.44. The van der Waals surface area contributed by atoms with Gasteiger partial charge in [0, 0.05) is 9.89 Å². The van der Waals surface area contributed by atoms with Crippen LogP contribution in [0.15, 0.2) is 27.7 Å². The highest BCUT2D eigenvalue weighted by Crippen LogP contribution is 2.35. The van der Waals surface area contributed by atoms with Crippen molar-refractivity contribution in [3.8, 4) is 5.75 Å². The number of halogens is 4. The Morgan fingerprint density at radius 2 is 1.84 bits per heavy atom. The molecule has 2 N–H and O–H groups in total. The fourth-order valence-corrected chi connectivity index (χ4v) is 1.42. The Labute approximate surface area is 117 Å². The molecule has 0 bridgehead atoms. The van der Waals surface area contributed by atoms with Crippen molar-refractivity contribution in [2.24, 2.45) is 16.1 Å². The van der Waals surface area contributed by atoms with Crippen LogP contribution in [0, 0.1) is 5.41 Å². The number of amidine groups is 1. The first kappa shape index (κ1) is 15.8. The first-order valence-electron chi connectivity index (χ1n) is 5.39. The predicted molar refractivity (Wildman–Crippen MR) is 71.6 cm³/mol. The van der Waals surface area contributed by atoms with Crippen molar-refractivity contribution in [2.45, 2.75) is 27.1 Å². The molecule has 0 spiro atoms.